The Labute approximate surface area is 153 Å². The Kier molecular flexibility index (Phi) is 5.42. The maximum atomic E-state index is 12.4. The number of anilines is 1. The highest BCUT2D eigenvalue weighted by atomic mass is 16.3. The number of furan rings is 1. The first-order valence-electron chi connectivity index (χ1n) is 8.99. The average Bonchev–Trinajstić information content (AvgIpc) is 3.05. The standard InChI is InChI=1S/C20H25N3O3/c1-14-5-4-6-15(2)19(14)21-18(24)13-22-9-11-23(12-10-22)20(25)17-8-7-16(3)26-17/h4-8H,9-13H2,1-3H3,(H,21,24)/p+1. The SMILES string of the molecule is Cc1ccc(C(=O)N2CC[NH+](CC(=O)Nc3c(C)cccc3C)CC2)o1. The summed E-state index contributed by atoms with van der Waals surface area (Å²) in [5, 5.41) is 3.03. The summed E-state index contributed by atoms with van der Waals surface area (Å²) in [5.74, 6) is 1.07. The molecule has 0 saturated carbocycles. The van der Waals surface area contributed by atoms with E-state index in [4.69, 9.17) is 4.42 Å². The minimum Gasteiger partial charge on any atom is -0.456 e. The zero-order valence-corrected chi connectivity index (χ0v) is 15.6. The third-order valence-electron chi connectivity index (χ3n) is 4.87. The van der Waals surface area contributed by atoms with Crippen molar-refractivity contribution < 1.29 is 18.9 Å². The van der Waals surface area contributed by atoms with E-state index in [9.17, 15) is 9.59 Å². The fraction of sp³-hybridized carbons (Fsp3) is 0.400. The molecule has 26 heavy (non-hydrogen) atoms. The van der Waals surface area contributed by atoms with Crippen LogP contribution in [0, 0.1) is 20.8 Å². The zero-order valence-electron chi connectivity index (χ0n) is 15.6. The summed E-state index contributed by atoms with van der Waals surface area (Å²) in [6.07, 6.45) is 0. The molecule has 0 spiro atoms. The number of amides is 2. The second-order valence-electron chi connectivity index (χ2n) is 6.94. The number of carbonyl (C=O) groups is 2. The molecule has 1 saturated heterocycles. The van der Waals surface area contributed by atoms with Gasteiger partial charge in [0.25, 0.3) is 11.8 Å². The van der Waals surface area contributed by atoms with Gasteiger partial charge in [-0.2, -0.15) is 0 Å². The van der Waals surface area contributed by atoms with Crippen molar-refractivity contribution in [1.29, 1.82) is 0 Å². The number of hydrogen-bond donors (Lipinski definition) is 2. The van der Waals surface area contributed by atoms with Crippen molar-refractivity contribution in [3.8, 4) is 0 Å². The molecule has 6 nitrogen and oxygen atoms in total. The van der Waals surface area contributed by atoms with Crippen LogP contribution < -0.4 is 10.2 Å². The van der Waals surface area contributed by atoms with Crippen molar-refractivity contribution in [2.45, 2.75) is 20.8 Å². The first-order chi connectivity index (χ1) is 12.4. The maximum Gasteiger partial charge on any atom is 0.289 e. The topological polar surface area (TPSA) is 67.0 Å². The predicted molar refractivity (Wildman–Crippen MR) is 99.5 cm³/mol. The Balaban J connectivity index is 1.51. The molecule has 0 atom stereocenters. The fourth-order valence-electron chi connectivity index (χ4n) is 3.33. The summed E-state index contributed by atoms with van der Waals surface area (Å²) in [6, 6.07) is 9.50. The van der Waals surface area contributed by atoms with Crippen molar-refractivity contribution in [2.75, 3.05) is 38.0 Å². The molecule has 1 fully saturated rings. The minimum absolute atomic E-state index is 0.0128. The van der Waals surface area contributed by atoms with Gasteiger partial charge in [-0.25, -0.2) is 0 Å². The normalized spacial score (nSPS) is 15.1. The van der Waals surface area contributed by atoms with Crippen LogP contribution in [-0.4, -0.2) is 49.4 Å². The fourth-order valence-corrected chi connectivity index (χ4v) is 3.33. The minimum atomic E-state index is -0.0721. The van der Waals surface area contributed by atoms with Crippen molar-refractivity contribution in [2.24, 2.45) is 0 Å². The molecule has 2 amide bonds. The highest BCUT2D eigenvalue weighted by Crippen LogP contribution is 2.18. The number of nitrogens with zero attached hydrogens (tertiary/aromatic N) is 1. The van der Waals surface area contributed by atoms with Gasteiger partial charge in [0.2, 0.25) is 0 Å². The molecule has 138 valence electrons. The largest absolute Gasteiger partial charge is 0.456 e. The lowest BCUT2D eigenvalue weighted by Crippen LogP contribution is -3.15. The van der Waals surface area contributed by atoms with Crippen LogP contribution in [0.4, 0.5) is 5.69 Å². The van der Waals surface area contributed by atoms with E-state index in [1.54, 1.807) is 17.0 Å². The molecule has 2 aromatic rings. The van der Waals surface area contributed by atoms with E-state index in [1.165, 1.54) is 4.90 Å². The number of rotatable bonds is 4. The van der Waals surface area contributed by atoms with Crippen LogP contribution >= 0.6 is 0 Å². The zero-order chi connectivity index (χ0) is 18.7. The first-order valence-corrected chi connectivity index (χ1v) is 8.99. The second-order valence-corrected chi connectivity index (χ2v) is 6.94. The van der Waals surface area contributed by atoms with Crippen LogP contribution in [0.2, 0.25) is 0 Å². The molecule has 0 aliphatic carbocycles. The molecule has 3 rings (SSSR count). The third-order valence-corrected chi connectivity index (χ3v) is 4.87. The smallest absolute Gasteiger partial charge is 0.289 e. The Morgan fingerprint density at radius 3 is 2.31 bits per heavy atom. The van der Waals surface area contributed by atoms with E-state index >= 15 is 0 Å². The summed E-state index contributed by atoms with van der Waals surface area (Å²) in [6.45, 7) is 9.00. The predicted octanol–water partition coefficient (Wildman–Crippen LogP) is 1.18. The molecule has 1 aromatic heterocycles. The van der Waals surface area contributed by atoms with Gasteiger partial charge in [-0.05, 0) is 44.0 Å². The Morgan fingerprint density at radius 1 is 1.08 bits per heavy atom. The third kappa shape index (κ3) is 4.14. The number of carbonyl (C=O) groups excluding carboxylic acids is 2. The quantitative estimate of drug-likeness (QED) is 0.865. The summed E-state index contributed by atoms with van der Waals surface area (Å²) in [5.41, 5.74) is 3.04. The van der Waals surface area contributed by atoms with E-state index in [0.717, 1.165) is 35.7 Å². The lowest BCUT2D eigenvalue weighted by atomic mass is 10.1. The van der Waals surface area contributed by atoms with Crippen LogP contribution in [0.1, 0.15) is 27.4 Å². The summed E-state index contributed by atoms with van der Waals surface area (Å²) in [7, 11) is 0. The maximum absolute atomic E-state index is 12.4. The summed E-state index contributed by atoms with van der Waals surface area (Å²) < 4.78 is 5.42. The van der Waals surface area contributed by atoms with E-state index in [1.807, 2.05) is 39.0 Å². The van der Waals surface area contributed by atoms with Crippen molar-refractivity contribution >= 4 is 17.5 Å². The van der Waals surface area contributed by atoms with E-state index in [-0.39, 0.29) is 11.8 Å². The monoisotopic (exact) mass is 356 g/mol. The number of aryl methyl sites for hydroxylation is 3. The van der Waals surface area contributed by atoms with Crippen LogP contribution in [0.3, 0.4) is 0 Å². The molecule has 2 N–H and O–H groups in total. The van der Waals surface area contributed by atoms with Crippen molar-refractivity contribution in [1.82, 2.24) is 4.90 Å². The molecular weight excluding hydrogens is 330 g/mol. The highest BCUT2D eigenvalue weighted by molar-refractivity contribution is 5.93. The lowest BCUT2D eigenvalue weighted by molar-refractivity contribution is -0.895. The molecule has 2 heterocycles. The molecule has 1 aliphatic rings. The highest BCUT2D eigenvalue weighted by Gasteiger charge is 2.27. The van der Waals surface area contributed by atoms with Crippen LogP contribution in [0.5, 0.6) is 0 Å². The van der Waals surface area contributed by atoms with Gasteiger partial charge in [0.15, 0.2) is 12.3 Å². The van der Waals surface area contributed by atoms with Gasteiger partial charge >= 0.3 is 0 Å². The molecule has 0 unspecified atom stereocenters. The van der Waals surface area contributed by atoms with Crippen LogP contribution in [0.15, 0.2) is 34.7 Å². The van der Waals surface area contributed by atoms with Gasteiger partial charge in [-0.3, -0.25) is 9.59 Å². The van der Waals surface area contributed by atoms with Crippen molar-refractivity contribution in [3.63, 3.8) is 0 Å². The summed E-state index contributed by atoms with van der Waals surface area (Å²) in [4.78, 5) is 27.8. The van der Waals surface area contributed by atoms with Gasteiger partial charge in [-0.1, -0.05) is 18.2 Å². The van der Waals surface area contributed by atoms with E-state index in [2.05, 4.69) is 5.32 Å². The van der Waals surface area contributed by atoms with Crippen molar-refractivity contribution in [3.05, 3.63) is 53.0 Å². The second kappa shape index (κ2) is 7.74. The molecule has 1 aromatic carbocycles. The Morgan fingerprint density at radius 2 is 1.73 bits per heavy atom. The van der Waals surface area contributed by atoms with Crippen LogP contribution in [0.25, 0.3) is 0 Å². The number of para-hydroxylation sites is 1. The number of hydrogen-bond acceptors (Lipinski definition) is 3. The van der Waals surface area contributed by atoms with Gasteiger partial charge in [0.05, 0.1) is 26.2 Å². The molecular formula is C20H26N3O3+. The molecule has 0 radical (unpaired) electrons. The van der Waals surface area contributed by atoms with Gasteiger partial charge in [0.1, 0.15) is 5.76 Å². The molecule has 0 bridgehead atoms. The van der Waals surface area contributed by atoms with E-state index in [0.29, 0.717) is 25.4 Å². The number of benzene rings is 1. The summed E-state index contributed by atoms with van der Waals surface area (Å²) >= 11 is 0. The number of nitrogens with one attached hydrogen (secondary N) is 2. The van der Waals surface area contributed by atoms with Gasteiger partial charge < -0.3 is 19.5 Å². The number of quaternary nitrogens is 1. The average molecular weight is 356 g/mol. The molecule has 1 aliphatic heterocycles. The Bertz CT molecular complexity index is 784. The molecule has 6 heteroatoms. The van der Waals surface area contributed by atoms with Gasteiger partial charge in [0, 0.05) is 5.69 Å². The first kappa shape index (κ1) is 18.2. The van der Waals surface area contributed by atoms with Gasteiger partial charge in [-0.15, -0.1) is 0 Å². The van der Waals surface area contributed by atoms with E-state index < -0.39 is 0 Å². The lowest BCUT2D eigenvalue weighted by Gasteiger charge is -2.31. The van der Waals surface area contributed by atoms with Crippen LogP contribution in [-0.2, 0) is 4.79 Å². The number of piperazine rings is 1. The Hall–Kier alpha value is -2.60.